The molecule has 2 fully saturated rings. The Morgan fingerprint density at radius 1 is 1.00 bits per heavy atom. The summed E-state index contributed by atoms with van der Waals surface area (Å²) in [6, 6.07) is 0. The van der Waals surface area contributed by atoms with Crippen LogP contribution in [0.25, 0.3) is 0 Å². The number of rotatable bonds is 2. The van der Waals surface area contributed by atoms with Crippen molar-refractivity contribution in [3.63, 3.8) is 0 Å². The predicted molar refractivity (Wildman–Crippen MR) is 69.7 cm³/mol. The maximum absolute atomic E-state index is 12.4. The number of morpholine rings is 1. The van der Waals surface area contributed by atoms with Crippen LogP contribution >= 0.6 is 0 Å². The Balaban J connectivity index is 1.88. The molecule has 2 rings (SSSR count). The number of ether oxygens (including phenoxy) is 1. The highest BCUT2D eigenvalue weighted by Gasteiger charge is 2.34. The van der Waals surface area contributed by atoms with E-state index >= 15 is 0 Å². The van der Waals surface area contributed by atoms with Gasteiger partial charge in [0.25, 0.3) is 0 Å². The van der Waals surface area contributed by atoms with Gasteiger partial charge in [0, 0.05) is 19.0 Å². The number of carbonyl (C=O) groups excluding carboxylic acids is 1. The van der Waals surface area contributed by atoms with E-state index in [0.717, 1.165) is 0 Å². The lowest BCUT2D eigenvalue weighted by Crippen LogP contribution is -2.50. The first-order chi connectivity index (χ1) is 8.97. The number of carboxylic acid groups (broad SMARTS) is 1. The number of amides is 1. The SMILES string of the molecule is CC1CN(C(=O)C2CCC(C(=O)O)CC2)CC(C)O1. The smallest absolute Gasteiger partial charge is 0.306 e. The molecule has 1 saturated heterocycles. The number of hydrogen-bond donors (Lipinski definition) is 1. The normalized spacial score (nSPS) is 36.0. The largest absolute Gasteiger partial charge is 0.481 e. The van der Waals surface area contributed by atoms with Crippen LogP contribution in [-0.2, 0) is 14.3 Å². The third-order valence-corrected chi connectivity index (χ3v) is 4.16. The quantitative estimate of drug-likeness (QED) is 0.825. The summed E-state index contributed by atoms with van der Waals surface area (Å²) >= 11 is 0. The van der Waals surface area contributed by atoms with Gasteiger partial charge in [0.1, 0.15) is 0 Å². The molecule has 19 heavy (non-hydrogen) atoms. The molecule has 1 N–H and O–H groups in total. The Kier molecular flexibility index (Phi) is 4.45. The lowest BCUT2D eigenvalue weighted by atomic mass is 9.81. The number of nitrogens with zero attached hydrogens (tertiary/aromatic N) is 1. The van der Waals surface area contributed by atoms with Crippen molar-refractivity contribution in [2.45, 2.75) is 51.7 Å². The first-order valence-corrected chi connectivity index (χ1v) is 7.14. The minimum atomic E-state index is -0.723. The van der Waals surface area contributed by atoms with E-state index in [2.05, 4.69) is 0 Å². The van der Waals surface area contributed by atoms with Gasteiger partial charge in [0.05, 0.1) is 18.1 Å². The van der Waals surface area contributed by atoms with E-state index in [1.165, 1.54) is 0 Å². The van der Waals surface area contributed by atoms with E-state index in [-0.39, 0.29) is 30.0 Å². The Morgan fingerprint density at radius 2 is 1.47 bits per heavy atom. The topological polar surface area (TPSA) is 66.8 Å². The van der Waals surface area contributed by atoms with Crippen molar-refractivity contribution in [3.05, 3.63) is 0 Å². The Morgan fingerprint density at radius 3 is 1.95 bits per heavy atom. The van der Waals surface area contributed by atoms with Crippen molar-refractivity contribution in [3.8, 4) is 0 Å². The number of aliphatic carboxylic acids is 1. The van der Waals surface area contributed by atoms with Crippen LogP contribution in [-0.4, -0.2) is 47.2 Å². The zero-order valence-electron chi connectivity index (χ0n) is 11.7. The van der Waals surface area contributed by atoms with Crippen LogP contribution in [0.5, 0.6) is 0 Å². The predicted octanol–water partition coefficient (Wildman–Crippen LogP) is 1.51. The van der Waals surface area contributed by atoms with E-state index in [1.807, 2.05) is 18.7 Å². The molecule has 108 valence electrons. The molecule has 5 nitrogen and oxygen atoms in total. The second-order valence-electron chi connectivity index (χ2n) is 5.89. The molecule has 1 aliphatic heterocycles. The van der Waals surface area contributed by atoms with Crippen LogP contribution in [0.3, 0.4) is 0 Å². The van der Waals surface area contributed by atoms with Gasteiger partial charge in [0.2, 0.25) is 5.91 Å². The van der Waals surface area contributed by atoms with E-state index < -0.39 is 5.97 Å². The highest BCUT2D eigenvalue weighted by Crippen LogP contribution is 2.30. The fourth-order valence-corrected chi connectivity index (χ4v) is 3.20. The maximum Gasteiger partial charge on any atom is 0.306 e. The van der Waals surface area contributed by atoms with E-state index in [9.17, 15) is 9.59 Å². The van der Waals surface area contributed by atoms with Gasteiger partial charge in [-0.3, -0.25) is 9.59 Å². The van der Waals surface area contributed by atoms with Crippen LogP contribution < -0.4 is 0 Å². The summed E-state index contributed by atoms with van der Waals surface area (Å²) in [5, 5.41) is 8.97. The highest BCUT2D eigenvalue weighted by atomic mass is 16.5. The number of carbonyl (C=O) groups is 2. The van der Waals surface area contributed by atoms with Gasteiger partial charge in [-0.25, -0.2) is 0 Å². The molecular formula is C14H23NO4. The summed E-state index contributed by atoms with van der Waals surface area (Å²) in [6.45, 7) is 5.28. The van der Waals surface area contributed by atoms with Crippen molar-refractivity contribution in [2.75, 3.05) is 13.1 Å². The van der Waals surface area contributed by atoms with Crippen molar-refractivity contribution in [2.24, 2.45) is 11.8 Å². The zero-order valence-corrected chi connectivity index (χ0v) is 11.7. The van der Waals surface area contributed by atoms with Crippen LogP contribution in [0.1, 0.15) is 39.5 Å². The second-order valence-corrected chi connectivity index (χ2v) is 5.89. The number of carboxylic acids is 1. The van der Waals surface area contributed by atoms with Crippen molar-refractivity contribution in [1.29, 1.82) is 0 Å². The average Bonchev–Trinajstić information content (AvgIpc) is 2.37. The van der Waals surface area contributed by atoms with Crippen LogP contribution in [0.2, 0.25) is 0 Å². The molecule has 1 aliphatic carbocycles. The third kappa shape index (κ3) is 3.47. The van der Waals surface area contributed by atoms with Gasteiger partial charge in [-0.2, -0.15) is 0 Å². The summed E-state index contributed by atoms with van der Waals surface area (Å²) in [7, 11) is 0. The number of hydrogen-bond acceptors (Lipinski definition) is 3. The summed E-state index contributed by atoms with van der Waals surface area (Å²) in [6.07, 6.45) is 2.83. The van der Waals surface area contributed by atoms with Gasteiger partial charge >= 0.3 is 5.97 Å². The Bertz CT molecular complexity index is 339. The van der Waals surface area contributed by atoms with Crippen molar-refractivity contribution >= 4 is 11.9 Å². The van der Waals surface area contributed by atoms with Crippen molar-refractivity contribution in [1.82, 2.24) is 4.90 Å². The summed E-state index contributed by atoms with van der Waals surface area (Å²) in [4.78, 5) is 25.2. The summed E-state index contributed by atoms with van der Waals surface area (Å²) < 4.78 is 5.63. The molecule has 0 bridgehead atoms. The maximum atomic E-state index is 12.4. The zero-order chi connectivity index (χ0) is 14.0. The molecule has 5 heteroatoms. The minimum Gasteiger partial charge on any atom is -0.481 e. The highest BCUT2D eigenvalue weighted by molar-refractivity contribution is 5.79. The first kappa shape index (κ1) is 14.3. The van der Waals surface area contributed by atoms with E-state index in [1.54, 1.807) is 0 Å². The molecule has 1 saturated carbocycles. The standard InChI is InChI=1S/C14H23NO4/c1-9-7-15(8-10(2)19-9)13(16)11-3-5-12(6-4-11)14(17)18/h9-12H,3-8H2,1-2H3,(H,17,18). The molecule has 0 radical (unpaired) electrons. The van der Waals surface area contributed by atoms with Gasteiger partial charge < -0.3 is 14.7 Å². The van der Waals surface area contributed by atoms with Crippen LogP contribution in [0.4, 0.5) is 0 Å². The van der Waals surface area contributed by atoms with E-state index in [4.69, 9.17) is 9.84 Å². The Labute approximate surface area is 113 Å². The molecule has 2 aliphatic rings. The molecule has 0 spiro atoms. The molecule has 2 unspecified atom stereocenters. The van der Waals surface area contributed by atoms with Gasteiger partial charge in [-0.15, -0.1) is 0 Å². The van der Waals surface area contributed by atoms with E-state index in [0.29, 0.717) is 38.8 Å². The van der Waals surface area contributed by atoms with Gasteiger partial charge in [-0.1, -0.05) is 0 Å². The lowest BCUT2D eigenvalue weighted by molar-refractivity contribution is -0.151. The molecule has 2 atom stereocenters. The fraction of sp³-hybridized carbons (Fsp3) is 0.857. The second kappa shape index (κ2) is 5.90. The molecule has 0 aromatic rings. The minimum absolute atomic E-state index is 0.00750. The molecule has 1 amide bonds. The Hall–Kier alpha value is -1.10. The van der Waals surface area contributed by atoms with Crippen molar-refractivity contribution < 1.29 is 19.4 Å². The third-order valence-electron chi connectivity index (χ3n) is 4.16. The average molecular weight is 269 g/mol. The molecular weight excluding hydrogens is 246 g/mol. The summed E-state index contributed by atoms with van der Waals surface area (Å²) in [5.74, 6) is -0.787. The van der Waals surface area contributed by atoms with Gasteiger partial charge in [-0.05, 0) is 39.5 Å². The molecule has 0 aromatic heterocycles. The lowest BCUT2D eigenvalue weighted by Gasteiger charge is -2.38. The van der Waals surface area contributed by atoms with Gasteiger partial charge in [0.15, 0.2) is 0 Å². The van der Waals surface area contributed by atoms with Crippen LogP contribution in [0.15, 0.2) is 0 Å². The first-order valence-electron chi connectivity index (χ1n) is 7.14. The monoisotopic (exact) mass is 269 g/mol. The fourth-order valence-electron chi connectivity index (χ4n) is 3.20. The molecule has 0 aromatic carbocycles. The molecule has 1 heterocycles. The van der Waals surface area contributed by atoms with Crippen LogP contribution in [0, 0.1) is 11.8 Å². The summed E-state index contributed by atoms with van der Waals surface area (Å²) in [5.41, 5.74) is 0.